The van der Waals surface area contributed by atoms with Crippen LogP contribution in [0.4, 0.5) is 5.69 Å². The third-order valence-corrected chi connectivity index (χ3v) is 8.02. The first kappa shape index (κ1) is 19.1. The van der Waals surface area contributed by atoms with E-state index in [2.05, 4.69) is 27.2 Å². The number of anilines is 1. The Morgan fingerprint density at radius 3 is 2.52 bits per heavy atom. The number of nitrogens with one attached hydrogen (secondary N) is 1. The molecular formula is C23H30N6O2. The van der Waals surface area contributed by atoms with Crippen LogP contribution < -0.4 is 5.32 Å². The van der Waals surface area contributed by atoms with Gasteiger partial charge in [-0.1, -0.05) is 5.16 Å². The van der Waals surface area contributed by atoms with Gasteiger partial charge in [-0.25, -0.2) is 0 Å². The topological polar surface area (TPSA) is 86.3 Å². The molecule has 0 radical (unpaired) electrons. The fraction of sp³-hybridized carbons (Fsp3) is 0.652. The van der Waals surface area contributed by atoms with Crippen LogP contribution in [0.2, 0.25) is 0 Å². The van der Waals surface area contributed by atoms with E-state index in [9.17, 15) is 4.79 Å². The zero-order valence-corrected chi connectivity index (χ0v) is 18.3. The van der Waals surface area contributed by atoms with Gasteiger partial charge in [-0.2, -0.15) is 10.2 Å². The van der Waals surface area contributed by atoms with Crippen molar-refractivity contribution in [3.63, 3.8) is 0 Å². The van der Waals surface area contributed by atoms with Crippen molar-refractivity contribution in [1.29, 1.82) is 0 Å². The van der Waals surface area contributed by atoms with Gasteiger partial charge in [0.15, 0.2) is 0 Å². The number of carbonyl (C=O) groups excluding carboxylic acids is 1. The lowest BCUT2D eigenvalue weighted by Gasteiger charge is -2.56. The monoisotopic (exact) mass is 422 g/mol. The van der Waals surface area contributed by atoms with Gasteiger partial charge in [0, 0.05) is 30.4 Å². The Bertz CT molecular complexity index is 1020. The van der Waals surface area contributed by atoms with Gasteiger partial charge >= 0.3 is 0 Å². The molecule has 2 aromatic rings. The van der Waals surface area contributed by atoms with E-state index < -0.39 is 6.10 Å². The van der Waals surface area contributed by atoms with Gasteiger partial charge in [0.2, 0.25) is 6.10 Å². The summed E-state index contributed by atoms with van der Waals surface area (Å²) in [6, 6.07) is 0. The Morgan fingerprint density at radius 1 is 1.16 bits per heavy atom. The van der Waals surface area contributed by atoms with Gasteiger partial charge in [-0.3, -0.25) is 14.2 Å². The molecule has 1 amide bonds. The van der Waals surface area contributed by atoms with Gasteiger partial charge in [0.1, 0.15) is 0 Å². The largest absolute Gasteiger partial charge is 0.382 e. The van der Waals surface area contributed by atoms with Crippen molar-refractivity contribution in [2.24, 2.45) is 22.9 Å². The molecule has 4 saturated carbocycles. The van der Waals surface area contributed by atoms with Gasteiger partial charge in [-0.05, 0) is 70.1 Å². The van der Waals surface area contributed by atoms with Crippen molar-refractivity contribution in [1.82, 2.24) is 19.6 Å². The molecule has 1 atom stereocenters. The number of hydrogen-bond donors (Lipinski definition) is 1. The van der Waals surface area contributed by atoms with Crippen LogP contribution in [-0.4, -0.2) is 37.3 Å². The molecule has 0 saturated heterocycles. The van der Waals surface area contributed by atoms with Crippen LogP contribution in [0.3, 0.4) is 0 Å². The van der Waals surface area contributed by atoms with E-state index in [4.69, 9.17) is 9.94 Å². The maximum atomic E-state index is 12.8. The van der Waals surface area contributed by atoms with Gasteiger partial charge in [-0.15, -0.1) is 0 Å². The molecule has 4 aliphatic carbocycles. The number of aromatic nitrogens is 4. The minimum atomic E-state index is -0.623. The highest BCUT2D eigenvalue weighted by molar-refractivity contribution is 6.06. The molecule has 3 heterocycles. The predicted octanol–water partition coefficient (Wildman–Crippen LogP) is 3.46. The normalized spacial score (nSPS) is 33.4. The van der Waals surface area contributed by atoms with E-state index in [-0.39, 0.29) is 11.4 Å². The first-order chi connectivity index (χ1) is 15.0. The van der Waals surface area contributed by atoms with Gasteiger partial charge in [0.05, 0.1) is 29.3 Å². The average Bonchev–Trinajstić information content (AvgIpc) is 3.46. The summed E-state index contributed by atoms with van der Waals surface area (Å²) in [5.41, 5.74) is 3.68. The van der Waals surface area contributed by atoms with E-state index in [1.54, 1.807) is 12.4 Å². The first-order valence-corrected chi connectivity index (χ1v) is 11.6. The van der Waals surface area contributed by atoms with Crippen molar-refractivity contribution in [2.75, 3.05) is 5.32 Å². The standard InChI is InChI=1S/C23H30N6O2/c1-3-28-14(2)19(12-24-28)20-7-21(31-27-20)22(30)26-18-11-25-29(13-18)23-8-15-4-16(9-23)6-17(5-15)10-23/h11-13,15-17,21H,3-10H2,1-2H3,(H,26,30)/t15?,16?,17?,21-,23?/m0/s1. The molecule has 7 rings (SSSR count). The van der Waals surface area contributed by atoms with E-state index >= 15 is 0 Å². The van der Waals surface area contributed by atoms with Crippen LogP contribution in [0.25, 0.3) is 0 Å². The van der Waals surface area contributed by atoms with Crippen LogP contribution in [-0.2, 0) is 21.7 Å². The summed E-state index contributed by atoms with van der Waals surface area (Å²) in [4.78, 5) is 18.3. The highest BCUT2D eigenvalue weighted by Gasteiger charge is 2.52. The number of nitrogens with zero attached hydrogens (tertiary/aromatic N) is 5. The molecular weight excluding hydrogens is 392 g/mol. The van der Waals surface area contributed by atoms with Crippen molar-refractivity contribution in [2.45, 2.75) is 77.0 Å². The molecule has 2 aromatic heterocycles. The second-order valence-electron chi connectivity index (χ2n) is 10.1. The molecule has 164 valence electrons. The van der Waals surface area contributed by atoms with Crippen LogP contribution in [0.15, 0.2) is 23.7 Å². The Hall–Kier alpha value is -2.64. The number of carbonyl (C=O) groups is 1. The lowest BCUT2D eigenvalue weighted by Crippen LogP contribution is -2.52. The summed E-state index contributed by atoms with van der Waals surface area (Å²) in [5.74, 6) is 2.40. The second-order valence-corrected chi connectivity index (χ2v) is 10.1. The molecule has 4 fully saturated rings. The van der Waals surface area contributed by atoms with Crippen molar-refractivity contribution >= 4 is 17.3 Å². The molecule has 4 bridgehead atoms. The fourth-order valence-electron chi connectivity index (χ4n) is 6.94. The minimum Gasteiger partial charge on any atom is -0.382 e. The molecule has 0 unspecified atom stereocenters. The maximum Gasteiger partial charge on any atom is 0.268 e. The van der Waals surface area contributed by atoms with E-state index in [0.717, 1.165) is 47.0 Å². The number of hydrogen-bond acceptors (Lipinski definition) is 5. The molecule has 0 aromatic carbocycles. The Morgan fingerprint density at radius 2 is 1.87 bits per heavy atom. The fourth-order valence-corrected chi connectivity index (χ4v) is 6.94. The van der Waals surface area contributed by atoms with Crippen LogP contribution in [0.1, 0.15) is 63.1 Å². The highest BCUT2D eigenvalue weighted by Crippen LogP contribution is 2.58. The van der Waals surface area contributed by atoms with Crippen molar-refractivity contribution in [3.05, 3.63) is 29.8 Å². The van der Waals surface area contributed by atoms with Crippen LogP contribution in [0.5, 0.6) is 0 Å². The maximum absolute atomic E-state index is 12.8. The first-order valence-electron chi connectivity index (χ1n) is 11.6. The molecule has 1 aliphatic heterocycles. The highest BCUT2D eigenvalue weighted by atomic mass is 16.6. The molecule has 8 heteroatoms. The quantitative estimate of drug-likeness (QED) is 0.799. The summed E-state index contributed by atoms with van der Waals surface area (Å²) in [6.45, 7) is 4.87. The van der Waals surface area contributed by atoms with Crippen LogP contribution >= 0.6 is 0 Å². The molecule has 5 aliphatic rings. The SMILES string of the molecule is CCn1ncc(C2=NO[C@H](C(=O)Nc3cnn(C45CC6CC(CC(C6)C4)C5)c3)C2)c1C. The Kier molecular flexibility index (Phi) is 4.27. The third-order valence-electron chi connectivity index (χ3n) is 8.02. The Labute approximate surface area is 182 Å². The van der Waals surface area contributed by atoms with Crippen LogP contribution in [0, 0.1) is 24.7 Å². The summed E-state index contributed by atoms with van der Waals surface area (Å²) >= 11 is 0. The average molecular weight is 423 g/mol. The predicted molar refractivity (Wildman–Crippen MR) is 116 cm³/mol. The summed E-state index contributed by atoms with van der Waals surface area (Å²) in [5, 5.41) is 16.2. The number of oxime groups is 1. The zero-order chi connectivity index (χ0) is 21.2. The lowest BCUT2D eigenvalue weighted by atomic mass is 9.53. The summed E-state index contributed by atoms with van der Waals surface area (Å²) in [7, 11) is 0. The van der Waals surface area contributed by atoms with Crippen molar-refractivity contribution in [3.8, 4) is 0 Å². The number of amides is 1. The number of aryl methyl sites for hydroxylation is 1. The summed E-state index contributed by atoms with van der Waals surface area (Å²) < 4.78 is 4.08. The molecule has 8 nitrogen and oxygen atoms in total. The molecule has 0 spiro atoms. The molecule has 31 heavy (non-hydrogen) atoms. The van der Waals surface area contributed by atoms with Gasteiger partial charge in [0.25, 0.3) is 5.91 Å². The number of rotatable bonds is 5. The zero-order valence-electron chi connectivity index (χ0n) is 18.3. The van der Waals surface area contributed by atoms with E-state index in [1.165, 1.54) is 38.5 Å². The third kappa shape index (κ3) is 3.10. The smallest absolute Gasteiger partial charge is 0.268 e. The van der Waals surface area contributed by atoms with E-state index in [0.29, 0.717) is 6.42 Å². The van der Waals surface area contributed by atoms with Crippen molar-refractivity contribution < 1.29 is 9.63 Å². The summed E-state index contributed by atoms with van der Waals surface area (Å²) in [6.07, 6.45) is 13.4. The minimum absolute atomic E-state index is 0.162. The van der Waals surface area contributed by atoms with Gasteiger partial charge < -0.3 is 10.2 Å². The van der Waals surface area contributed by atoms with E-state index in [1.807, 2.05) is 17.8 Å². The second kappa shape index (κ2) is 6.93. The Balaban J connectivity index is 1.12. The molecule has 1 N–H and O–H groups in total. The lowest BCUT2D eigenvalue weighted by molar-refractivity contribution is -0.125.